The lowest BCUT2D eigenvalue weighted by Gasteiger charge is -2.04. The summed E-state index contributed by atoms with van der Waals surface area (Å²) in [6.07, 6.45) is 0. The Kier molecular flexibility index (Phi) is 3.06. The van der Waals surface area contributed by atoms with Crippen LogP contribution in [0, 0.1) is 0 Å². The summed E-state index contributed by atoms with van der Waals surface area (Å²) in [6, 6.07) is 0. The zero-order valence-corrected chi connectivity index (χ0v) is 7.77. The highest BCUT2D eigenvalue weighted by atomic mass is 32.5. The van der Waals surface area contributed by atoms with Crippen LogP contribution in [0.3, 0.4) is 0 Å². The third-order valence-electron chi connectivity index (χ3n) is 0.786. The first kappa shape index (κ1) is 9.18. The average molecular weight is 212 g/mol. The van der Waals surface area contributed by atoms with Gasteiger partial charge in [-0.15, -0.1) is 5.10 Å². The van der Waals surface area contributed by atoms with E-state index in [4.69, 9.17) is 9.79 Å². The van der Waals surface area contributed by atoms with Crippen LogP contribution in [0.25, 0.3) is 0 Å². The molecule has 1 heterocycles. The molecule has 0 atom stereocenters. The Balaban J connectivity index is 2.41. The molecule has 1 aromatic heterocycles. The average Bonchev–Trinajstić information content (AvgIpc) is 2.32. The largest absolute Gasteiger partial charge is 0.325 e. The molecule has 0 spiro atoms. The second-order valence-corrected chi connectivity index (χ2v) is 4.94. The normalized spacial score (nSPS) is 11.8. The summed E-state index contributed by atoms with van der Waals surface area (Å²) in [4.78, 5) is 17.3. The fraction of sp³-hybridized carbons (Fsp3) is 0.333. The molecule has 0 amide bonds. The van der Waals surface area contributed by atoms with Crippen LogP contribution in [0.1, 0.15) is 5.69 Å². The maximum Gasteiger partial charge on any atom is 0.322 e. The van der Waals surface area contributed by atoms with Crippen molar-refractivity contribution in [3.63, 3.8) is 0 Å². The van der Waals surface area contributed by atoms with Crippen molar-refractivity contribution < 1.29 is 14.3 Å². The van der Waals surface area contributed by atoms with E-state index in [-0.39, 0.29) is 6.61 Å². The summed E-state index contributed by atoms with van der Waals surface area (Å²) in [5.41, 5.74) is 0.548. The van der Waals surface area contributed by atoms with E-state index in [0.29, 0.717) is 5.69 Å². The number of rotatable bonds is 3. The van der Waals surface area contributed by atoms with Gasteiger partial charge in [0.25, 0.3) is 0 Å². The molecule has 0 saturated heterocycles. The maximum absolute atomic E-state index is 8.63. The van der Waals surface area contributed by atoms with E-state index in [0.717, 1.165) is 11.5 Å². The van der Waals surface area contributed by atoms with Gasteiger partial charge in [-0.1, -0.05) is 4.49 Å². The van der Waals surface area contributed by atoms with Crippen LogP contribution in [0.2, 0.25) is 0 Å². The van der Waals surface area contributed by atoms with E-state index < -0.39 is 6.72 Å². The molecule has 0 saturated carbocycles. The Bertz CT molecular complexity index is 258. The molecule has 0 aliphatic carbocycles. The van der Waals surface area contributed by atoms with Crippen LogP contribution in [0.5, 0.6) is 0 Å². The summed E-state index contributed by atoms with van der Waals surface area (Å²) in [5.74, 6) is 0. The standard InChI is InChI=1S/C3H5N2O3PS2/c6-9(7,10)8-1-3-2-11-5-4-3/h2H,1H2,(H2,6,7,10). The van der Waals surface area contributed by atoms with Crippen molar-refractivity contribution in [3.05, 3.63) is 11.1 Å². The van der Waals surface area contributed by atoms with E-state index in [1.165, 1.54) is 0 Å². The van der Waals surface area contributed by atoms with Gasteiger partial charge in [0.05, 0.1) is 0 Å². The minimum absolute atomic E-state index is 0.000772. The quantitative estimate of drug-likeness (QED) is 0.700. The van der Waals surface area contributed by atoms with Gasteiger partial charge in [-0.05, 0) is 23.3 Å². The molecule has 2 N–H and O–H groups in total. The van der Waals surface area contributed by atoms with Crippen molar-refractivity contribution in [2.45, 2.75) is 6.61 Å². The van der Waals surface area contributed by atoms with Crippen LogP contribution in [0.4, 0.5) is 0 Å². The molecule has 0 fully saturated rings. The summed E-state index contributed by atoms with van der Waals surface area (Å²) in [5, 5.41) is 5.26. The van der Waals surface area contributed by atoms with Crippen molar-refractivity contribution >= 4 is 30.1 Å². The topological polar surface area (TPSA) is 75.5 Å². The minimum atomic E-state index is -3.54. The van der Waals surface area contributed by atoms with Gasteiger partial charge >= 0.3 is 6.72 Å². The van der Waals surface area contributed by atoms with Gasteiger partial charge in [0, 0.05) is 5.38 Å². The van der Waals surface area contributed by atoms with Gasteiger partial charge in [-0.25, -0.2) is 0 Å². The fourth-order valence-corrected chi connectivity index (χ4v) is 1.29. The van der Waals surface area contributed by atoms with E-state index in [9.17, 15) is 0 Å². The van der Waals surface area contributed by atoms with Crippen molar-refractivity contribution in [1.82, 2.24) is 9.59 Å². The first-order chi connectivity index (χ1) is 5.08. The number of nitrogens with zero attached hydrogens (tertiary/aromatic N) is 2. The number of hydrogen-bond acceptors (Lipinski definition) is 5. The highest BCUT2D eigenvalue weighted by molar-refractivity contribution is 8.06. The molecule has 1 aromatic rings. The molecule has 0 aromatic carbocycles. The summed E-state index contributed by atoms with van der Waals surface area (Å²) in [6.45, 7) is -3.54. The van der Waals surface area contributed by atoms with Gasteiger partial charge < -0.3 is 14.3 Å². The van der Waals surface area contributed by atoms with Crippen LogP contribution < -0.4 is 0 Å². The van der Waals surface area contributed by atoms with Crippen LogP contribution >= 0.6 is 18.3 Å². The predicted octanol–water partition coefficient (Wildman–Crippen LogP) is 0.264. The monoisotopic (exact) mass is 212 g/mol. The maximum atomic E-state index is 8.63. The Morgan fingerprint density at radius 1 is 1.73 bits per heavy atom. The lowest BCUT2D eigenvalue weighted by atomic mass is 10.6. The number of aromatic nitrogens is 2. The Hall–Kier alpha value is 0.0900. The first-order valence-corrected chi connectivity index (χ1v) is 6.00. The molecule has 5 nitrogen and oxygen atoms in total. The van der Waals surface area contributed by atoms with Crippen molar-refractivity contribution in [2.24, 2.45) is 0 Å². The molecule has 8 heteroatoms. The molecular weight excluding hydrogens is 207 g/mol. The van der Waals surface area contributed by atoms with Crippen molar-refractivity contribution in [3.8, 4) is 0 Å². The first-order valence-electron chi connectivity index (χ1n) is 2.54. The second kappa shape index (κ2) is 3.66. The Morgan fingerprint density at radius 3 is 2.91 bits per heavy atom. The Labute approximate surface area is 72.1 Å². The molecule has 1 rings (SSSR count). The lowest BCUT2D eigenvalue weighted by Crippen LogP contribution is -1.90. The van der Waals surface area contributed by atoms with Gasteiger partial charge in [-0.2, -0.15) is 0 Å². The SMILES string of the molecule is OP(O)(=S)OCc1csnn1. The molecule has 62 valence electrons. The molecule has 0 radical (unpaired) electrons. The highest BCUT2D eigenvalue weighted by Crippen LogP contribution is 2.37. The van der Waals surface area contributed by atoms with E-state index >= 15 is 0 Å². The zero-order valence-electron chi connectivity index (χ0n) is 5.25. The van der Waals surface area contributed by atoms with E-state index in [2.05, 4.69) is 25.9 Å². The van der Waals surface area contributed by atoms with Crippen LogP contribution in [0.15, 0.2) is 5.38 Å². The molecular formula is C3H5N2O3PS2. The van der Waals surface area contributed by atoms with Crippen LogP contribution in [-0.2, 0) is 22.9 Å². The molecule has 0 bridgehead atoms. The smallest absolute Gasteiger partial charge is 0.322 e. The van der Waals surface area contributed by atoms with Crippen molar-refractivity contribution in [2.75, 3.05) is 0 Å². The molecule has 11 heavy (non-hydrogen) atoms. The van der Waals surface area contributed by atoms with Crippen molar-refractivity contribution in [1.29, 1.82) is 0 Å². The van der Waals surface area contributed by atoms with E-state index in [1.54, 1.807) is 5.38 Å². The molecule has 0 aliphatic rings. The molecule has 0 aliphatic heterocycles. The lowest BCUT2D eigenvalue weighted by molar-refractivity contribution is 0.239. The summed E-state index contributed by atoms with van der Waals surface area (Å²) >= 11 is 5.38. The van der Waals surface area contributed by atoms with Crippen LogP contribution in [-0.4, -0.2) is 19.4 Å². The number of hydrogen-bond donors (Lipinski definition) is 2. The zero-order chi connectivity index (χ0) is 8.32. The fourth-order valence-electron chi connectivity index (χ4n) is 0.397. The van der Waals surface area contributed by atoms with Gasteiger partial charge in [0.1, 0.15) is 12.3 Å². The van der Waals surface area contributed by atoms with Gasteiger partial charge in [0.15, 0.2) is 0 Å². The third kappa shape index (κ3) is 3.85. The van der Waals surface area contributed by atoms with E-state index in [1.807, 2.05) is 0 Å². The highest BCUT2D eigenvalue weighted by Gasteiger charge is 2.08. The second-order valence-electron chi connectivity index (χ2n) is 1.66. The van der Waals surface area contributed by atoms with Gasteiger partial charge in [-0.3, -0.25) is 0 Å². The minimum Gasteiger partial charge on any atom is -0.325 e. The predicted molar refractivity (Wildman–Crippen MR) is 43.4 cm³/mol. The Morgan fingerprint density at radius 2 is 2.45 bits per heavy atom. The molecule has 0 unspecified atom stereocenters. The van der Waals surface area contributed by atoms with Gasteiger partial charge in [0.2, 0.25) is 0 Å². The third-order valence-corrected chi connectivity index (χ3v) is 2.12. The summed E-state index contributed by atoms with van der Waals surface area (Å²) < 4.78 is 8.06. The summed E-state index contributed by atoms with van der Waals surface area (Å²) in [7, 11) is 0.